The third-order valence-electron chi connectivity index (χ3n) is 1.73. The minimum Gasteiger partial charge on any atom is -0.480 e. The first-order valence-corrected chi connectivity index (χ1v) is 4.51. The predicted octanol–water partition coefficient (Wildman–Crippen LogP) is 1.19. The van der Waals surface area contributed by atoms with E-state index < -0.39 is 5.97 Å². The molecule has 0 spiro atoms. The molecule has 0 saturated heterocycles. The highest BCUT2D eigenvalue weighted by atomic mass is 127. The summed E-state index contributed by atoms with van der Waals surface area (Å²) in [6.45, 7) is 3.74. The van der Waals surface area contributed by atoms with Crippen molar-refractivity contribution in [3.63, 3.8) is 0 Å². The van der Waals surface area contributed by atoms with E-state index in [-0.39, 0.29) is 6.54 Å². The summed E-state index contributed by atoms with van der Waals surface area (Å²) in [6.07, 6.45) is 0. The Hall–Kier alpha value is -0.590. The fourth-order valence-electron chi connectivity index (χ4n) is 0.881. The fraction of sp³-hybridized carbons (Fsp3) is 0.429. The third kappa shape index (κ3) is 1.77. The number of carboxylic acid groups (broad SMARTS) is 1. The number of hydrogen-bond donors (Lipinski definition) is 1. The van der Waals surface area contributed by atoms with Crippen LogP contribution in [0, 0.1) is 17.5 Å². The summed E-state index contributed by atoms with van der Waals surface area (Å²) < 4.78 is 2.37. The Morgan fingerprint density at radius 2 is 2.25 bits per heavy atom. The second kappa shape index (κ2) is 3.42. The maximum absolute atomic E-state index is 10.4. The number of aromatic nitrogens is 2. The van der Waals surface area contributed by atoms with Gasteiger partial charge in [0.25, 0.3) is 0 Å². The molecular formula is C7H9IN2O2. The molecule has 0 amide bonds. The van der Waals surface area contributed by atoms with Crippen molar-refractivity contribution in [2.24, 2.45) is 0 Å². The number of aliphatic carboxylic acids is 1. The Labute approximate surface area is 83.7 Å². The second-order valence-corrected chi connectivity index (χ2v) is 3.57. The summed E-state index contributed by atoms with van der Waals surface area (Å²) in [6, 6.07) is 0. The third-order valence-corrected chi connectivity index (χ3v) is 2.76. The van der Waals surface area contributed by atoms with E-state index in [1.807, 2.05) is 13.8 Å². The number of hydrogen-bond acceptors (Lipinski definition) is 2. The summed E-state index contributed by atoms with van der Waals surface area (Å²) in [7, 11) is 0. The van der Waals surface area contributed by atoms with Crippen LogP contribution in [-0.2, 0) is 11.3 Å². The highest BCUT2D eigenvalue weighted by Gasteiger charge is 2.09. The van der Waals surface area contributed by atoms with E-state index in [2.05, 4.69) is 27.7 Å². The first-order valence-electron chi connectivity index (χ1n) is 3.43. The van der Waals surface area contributed by atoms with E-state index in [0.717, 1.165) is 15.0 Å². The lowest BCUT2D eigenvalue weighted by Crippen LogP contribution is -2.11. The number of nitrogens with zero attached hydrogens (tertiary/aromatic N) is 2. The molecule has 1 aromatic rings. The summed E-state index contributed by atoms with van der Waals surface area (Å²) >= 11 is 2.09. The number of carbonyl (C=O) groups is 1. The van der Waals surface area contributed by atoms with Crippen LogP contribution in [0.1, 0.15) is 11.3 Å². The lowest BCUT2D eigenvalue weighted by atomic mass is 10.3. The summed E-state index contributed by atoms with van der Waals surface area (Å²) in [5, 5.41) is 12.6. The van der Waals surface area contributed by atoms with Gasteiger partial charge in [-0.1, -0.05) is 0 Å². The maximum Gasteiger partial charge on any atom is 0.325 e. The largest absolute Gasteiger partial charge is 0.480 e. The van der Waals surface area contributed by atoms with Gasteiger partial charge in [0.1, 0.15) is 10.2 Å². The van der Waals surface area contributed by atoms with E-state index in [0.29, 0.717) is 0 Å². The van der Waals surface area contributed by atoms with Crippen LogP contribution < -0.4 is 0 Å². The fourth-order valence-corrected chi connectivity index (χ4v) is 1.53. The number of rotatable bonds is 2. The summed E-state index contributed by atoms with van der Waals surface area (Å²) in [4.78, 5) is 10.4. The van der Waals surface area contributed by atoms with Crippen LogP contribution in [0.3, 0.4) is 0 Å². The van der Waals surface area contributed by atoms with Crippen LogP contribution in [-0.4, -0.2) is 20.9 Å². The van der Waals surface area contributed by atoms with Gasteiger partial charge < -0.3 is 5.11 Å². The standard InChI is InChI=1S/C7H9IN2O2/c1-4-5(2)10(3-6(11)12)9-7(4)8/h3H2,1-2H3,(H,11,12). The van der Waals surface area contributed by atoms with Crippen molar-refractivity contribution >= 4 is 28.6 Å². The summed E-state index contributed by atoms with van der Waals surface area (Å²) in [5.41, 5.74) is 1.97. The van der Waals surface area contributed by atoms with Crippen molar-refractivity contribution in [2.45, 2.75) is 20.4 Å². The first kappa shape index (κ1) is 9.50. The van der Waals surface area contributed by atoms with E-state index >= 15 is 0 Å². The Morgan fingerprint density at radius 1 is 1.67 bits per heavy atom. The van der Waals surface area contributed by atoms with Crippen LogP contribution in [0.5, 0.6) is 0 Å². The lowest BCUT2D eigenvalue weighted by Gasteiger charge is -1.98. The number of halogens is 1. The normalized spacial score (nSPS) is 10.2. The van der Waals surface area contributed by atoms with Crippen molar-refractivity contribution in [2.75, 3.05) is 0 Å². The zero-order chi connectivity index (χ0) is 9.30. The Bertz CT molecular complexity index is 319. The van der Waals surface area contributed by atoms with Crippen molar-refractivity contribution in [1.82, 2.24) is 9.78 Å². The first-order chi connectivity index (χ1) is 5.52. The Kier molecular flexibility index (Phi) is 2.71. The molecular weight excluding hydrogens is 271 g/mol. The SMILES string of the molecule is Cc1c(I)nn(CC(=O)O)c1C. The smallest absolute Gasteiger partial charge is 0.325 e. The van der Waals surface area contributed by atoms with Crippen molar-refractivity contribution in [3.05, 3.63) is 15.0 Å². The molecule has 0 aliphatic heterocycles. The van der Waals surface area contributed by atoms with Gasteiger partial charge in [-0.05, 0) is 36.4 Å². The highest BCUT2D eigenvalue weighted by Crippen LogP contribution is 2.13. The maximum atomic E-state index is 10.4. The van der Waals surface area contributed by atoms with E-state index in [1.165, 1.54) is 4.68 Å². The minimum absolute atomic E-state index is 0.0598. The van der Waals surface area contributed by atoms with E-state index in [4.69, 9.17) is 5.11 Å². The quantitative estimate of drug-likeness (QED) is 0.828. The molecule has 1 rings (SSSR count). The molecule has 0 aliphatic carbocycles. The molecule has 0 bridgehead atoms. The molecule has 5 heteroatoms. The average Bonchev–Trinajstić information content (AvgIpc) is 2.17. The van der Waals surface area contributed by atoms with Gasteiger partial charge in [-0.3, -0.25) is 9.48 Å². The zero-order valence-corrected chi connectivity index (χ0v) is 8.99. The van der Waals surface area contributed by atoms with Crippen LogP contribution in [0.15, 0.2) is 0 Å². The topological polar surface area (TPSA) is 55.1 Å². The average molecular weight is 280 g/mol. The Balaban J connectivity index is 3.01. The molecule has 0 aliphatic rings. The molecule has 0 aromatic carbocycles. The van der Waals surface area contributed by atoms with Gasteiger partial charge in [0.05, 0.1) is 0 Å². The van der Waals surface area contributed by atoms with Gasteiger partial charge >= 0.3 is 5.97 Å². The second-order valence-electron chi connectivity index (χ2n) is 2.55. The van der Waals surface area contributed by atoms with Gasteiger partial charge in [-0.25, -0.2) is 0 Å². The van der Waals surface area contributed by atoms with Crippen molar-refractivity contribution < 1.29 is 9.90 Å². The molecule has 66 valence electrons. The summed E-state index contributed by atoms with van der Waals surface area (Å²) in [5.74, 6) is -0.864. The Morgan fingerprint density at radius 3 is 2.58 bits per heavy atom. The molecule has 1 heterocycles. The van der Waals surface area contributed by atoms with Crippen LogP contribution >= 0.6 is 22.6 Å². The molecule has 12 heavy (non-hydrogen) atoms. The molecule has 0 unspecified atom stereocenters. The molecule has 1 aromatic heterocycles. The lowest BCUT2D eigenvalue weighted by molar-refractivity contribution is -0.137. The molecule has 4 nitrogen and oxygen atoms in total. The van der Waals surface area contributed by atoms with Crippen LogP contribution in [0.4, 0.5) is 0 Å². The predicted molar refractivity (Wildman–Crippen MR) is 52.1 cm³/mol. The van der Waals surface area contributed by atoms with Crippen molar-refractivity contribution in [1.29, 1.82) is 0 Å². The van der Waals surface area contributed by atoms with Crippen molar-refractivity contribution in [3.8, 4) is 0 Å². The zero-order valence-electron chi connectivity index (χ0n) is 6.83. The van der Waals surface area contributed by atoms with Gasteiger partial charge in [0, 0.05) is 11.3 Å². The monoisotopic (exact) mass is 280 g/mol. The molecule has 0 saturated carbocycles. The molecule has 0 fully saturated rings. The molecule has 1 N–H and O–H groups in total. The van der Waals surface area contributed by atoms with Crippen LogP contribution in [0.25, 0.3) is 0 Å². The van der Waals surface area contributed by atoms with Gasteiger partial charge in [0.15, 0.2) is 0 Å². The highest BCUT2D eigenvalue weighted by molar-refractivity contribution is 14.1. The van der Waals surface area contributed by atoms with E-state index in [9.17, 15) is 4.79 Å². The minimum atomic E-state index is -0.864. The van der Waals surface area contributed by atoms with Gasteiger partial charge in [-0.2, -0.15) is 5.10 Å². The van der Waals surface area contributed by atoms with Gasteiger partial charge in [0.2, 0.25) is 0 Å². The molecule has 0 radical (unpaired) electrons. The van der Waals surface area contributed by atoms with E-state index in [1.54, 1.807) is 0 Å². The van der Waals surface area contributed by atoms with Gasteiger partial charge in [-0.15, -0.1) is 0 Å². The van der Waals surface area contributed by atoms with Crippen LogP contribution in [0.2, 0.25) is 0 Å². The number of carboxylic acids is 1. The molecule has 0 atom stereocenters.